The van der Waals surface area contributed by atoms with Crippen LogP contribution in [-0.4, -0.2) is 19.8 Å². The van der Waals surface area contributed by atoms with Gasteiger partial charge in [0.15, 0.2) is 0 Å². The van der Waals surface area contributed by atoms with Crippen molar-refractivity contribution in [3.63, 3.8) is 0 Å². The van der Waals surface area contributed by atoms with Gasteiger partial charge < -0.3 is 19.8 Å². The Labute approximate surface area is 150 Å². The molecule has 0 spiro atoms. The summed E-state index contributed by atoms with van der Waals surface area (Å²) in [5.41, 5.74) is 1.98. The van der Waals surface area contributed by atoms with E-state index in [0.29, 0.717) is 5.75 Å². The third-order valence-electron chi connectivity index (χ3n) is 3.97. The molecule has 0 saturated heterocycles. The van der Waals surface area contributed by atoms with Crippen LogP contribution in [0.3, 0.4) is 0 Å². The van der Waals surface area contributed by atoms with Gasteiger partial charge >= 0.3 is 7.82 Å². The second kappa shape index (κ2) is 7.28. The lowest BCUT2D eigenvalue weighted by molar-refractivity contribution is 0.275. The Balaban J connectivity index is 0.000000349. The van der Waals surface area contributed by atoms with Crippen molar-refractivity contribution >= 4 is 29.4 Å². The van der Waals surface area contributed by atoms with Crippen LogP contribution in [0.1, 0.15) is 0 Å². The molecule has 0 aliphatic heterocycles. The van der Waals surface area contributed by atoms with Crippen molar-refractivity contribution in [1.29, 1.82) is 0 Å². The quantitative estimate of drug-likeness (QED) is 0.373. The van der Waals surface area contributed by atoms with Crippen LogP contribution in [0, 0.1) is 0 Å². The maximum atomic E-state index is 10.4. The molecular formula is C20H17O5P. The third-order valence-corrected chi connectivity index (χ3v) is 3.97. The maximum Gasteiger partial charge on any atom is 0.466 e. The molecule has 0 aliphatic rings. The molecule has 0 aliphatic carbocycles. The second-order valence-electron chi connectivity index (χ2n) is 5.72. The van der Waals surface area contributed by atoms with Crippen LogP contribution in [0.5, 0.6) is 5.75 Å². The molecular weight excluding hydrogens is 351 g/mol. The summed E-state index contributed by atoms with van der Waals surface area (Å²) in [5, 5.41) is 15.0. The number of hydrogen-bond acceptors (Lipinski definition) is 2. The lowest BCUT2D eigenvalue weighted by atomic mass is 9.93. The van der Waals surface area contributed by atoms with Crippen molar-refractivity contribution < 1.29 is 24.4 Å². The van der Waals surface area contributed by atoms with Crippen molar-refractivity contribution in [3.8, 4) is 16.9 Å². The minimum absolute atomic E-state index is 0.324. The van der Waals surface area contributed by atoms with Crippen LogP contribution in [0.4, 0.5) is 0 Å². The summed E-state index contributed by atoms with van der Waals surface area (Å²) in [4.78, 5) is 21.6. The van der Waals surface area contributed by atoms with Crippen LogP contribution in [0.15, 0.2) is 78.9 Å². The van der Waals surface area contributed by atoms with Crippen molar-refractivity contribution in [3.05, 3.63) is 78.9 Å². The summed E-state index contributed by atoms with van der Waals surface area (Å²) < 4.78 is 8.88. The molecule has 0 amide bonds. The minimum Gasteiger partial charge on any atom is -0.507 e. The Morgan fingerprint density at radius 3 is 1.77 bits per heavy atom. The summed E-state index contributed by atoms with van der Waals surface area (Å²) in [6.45, 7) is 0. The number of fused-ring (bicyclic) bond motifs is 2. The van der Waals surface area contributed by atoms with E-state index in [1.54, 1.807) is 6.07 Å². The molecule has 4 N–H and O–H groups in total. The number of rotatable bonds is 1. The lowest BCUT2D eigenvalue weighted by Crippen LogP contribution is -1.85. The largest absolute Gasteiger partial charge is 0.507 e. The molecule has 0 bridgehead atoms. The van der Waals surface area contributed by atoms with E-state index >= 15 is 0 Å². The third kappa shape index (κ3) is 4.10. The highest BCUT2D eigenvalue weighted by Crippen LogP contribution is 2.39. The molecule has 0 radical (unpaired) electrons. The molecule has 132 valence electrons. The highest BCUT2D eigenvalue weighted by molar-refractivity contribution is 7.45. The van der Waals surface area contributed by atoms with E-state index in [1.165, 1.54) is 5.39 Å². The van der Waals surface area contributed by atoms with Gasteiger partial charge in [0.25, 0.3) is 0 Å². The average Bonchev–Trinajstić information content (AvgIpc) is 2.60. The van der Waals surface area contributed by atoms with E-state index in [9.17, 15) is 5.11 Å². The van der Waals surface area contributed by atoms with Crippen LogP contribution < -0.4 is 0 Å². The van der Waals surface area contributed by atoms with Gasteiger partial charge in [0.2, 0.25) is 0 Å². The second-order valence-corrected chi connectivity index (χ2v) is 6.75. The number of benzene rings is 4. The summed E-state index contributed by atoms with van der Waals surface area (Å²) >= 11 is 0. The molecule has 4 aromatic carbocycles. The van der Waals surface area contributed by atoms with Gasteiger partial charge in [-0.2, -0.15) is 0 Å². The van der Waals surface area contributed by atoms with Crippen LogP contribution in [-0.2, 0) is 4.57 Å². The van der Waals surface area contributed by atoms with E-state index in [0.717, 1.165) is 27.3 Å². The monoisotopic (exact) mass is 368 g/mol. The zero-order valence-electron chi connectivity index (χ0n) is 13.6. The fourth-order valence-corrected chi connectivity index (χ4v) is 2.99. The predicted molar refractivity (Wildman–Crippen MR) is 103 cm³/mol. The van der Waals surface area contributed by atoms with Crippen molar-refractivity contribution in [1.82, 2.24) is 0 Å². The molecule has 0 unspecified atom stereocenters. The SMILES string of the molecule is O=P(O)(O)O.Oc1ccc2ccccc2c1-c1cccc2ccccc12. The summed E-state index contributed by atoms with van der Waals surface area (Å²) in [6, 6.07) is 26.4. The van der Waals surface area contributed by atoms with E-state index in [4.69, 9.17) is 19.2 Å². The smallest absolute Gasteiger partial charge is 0.466 e. The number of hydrogen-bond donors (Lipinski definition) is 4. The van der Waals surface area contributed by atoms with Gasteiger partial charge in [-0.15, -0.1) is 0 Å². The number of phosphoric acid groups is 1. The normalized spacial score (nSPS) is 11.2. The van der Waals surface area contributed by atoms with Crippen LogP contribution in [0.25, 0.3) is 32.7 Å². The molecule has 26 heavy (non-hydrogen) atoms. The van der Waals surface area contributed by atoms with Gasteiger partial charge in [0, 0.05) is 5.56 Å². The molecule has 5 nitrogen and oxygen atoms in total. The van der Waals surface area contributed by atoms with Crippen molar-refractivity contribution in [2.45, 2.75) is 0 Å². The first kappa shape index (κ1) is 18.1. The zero-order chi connectivity index (χ0) is 18.7. The first-order valence-electron chi connectivity index (χ1n) is 7.82. The average molecular weight is 368 g/mol. The standard InChI is InChI=1S/C20H14O.H3O4P/c21-19-13-12-15-7-2-4-10-17(15)20(19)18-11-5-8-14-6-1-3-9-16(14)18;1-5(2,3)4/h1-13,21H;(H3,1,2,3,4). The summed E-state index contributed by atoms with van der Waals surface area (Å²) in [6.07, 6.45) is 0. The van der Waals surface area contributed by atoms with Crippen LogP contribution >= 0.6 is 7.82 Å². The highest BCUT2D eigenvalue weighted by atomic mass is 31.2. The molecule has 0 aromatic heterocycles. The van der Waals surface area contributed by atoms with E-state index in [1.807, 2.05) is 36.4 Å². The van der Waals surface area contributed by atoms with Gasteiger partial charge in [0.05, 0.1) is 0 Å². The molecule has 6 heteroatoms. The molecule has 0 heterocycles. The Kier molecular flexibility index (Phi) is 5.07. The van der Waals surface area contributed by atoms with Crippen LogP contribution in [0.2, 0.25) is 0 Å². The van der Waals surface area contributed by atoms with E-state index < -0.39 is 7.82 Å². The highest BCUT2D eigenvalue weighted by Gasteiger charge is 2.11. The number of phenolic OH excluding ortho intramolecular Hbond substituents is 1. The Morgan fingerprint density at radius 1 is 0.615 bits per heavy atom. The molecule has 0 saturated carbocycles. The fourth-order valence-electron chi connectivity index (χ4n) is 2.99. The van der Waals surface area contributed by atoms with Gasteiger partial charge in [-0.25, -0.2) is 4.57 Å². The Hall–Kier alpha value is -2.69. The topological polar surface area (TPSA) is 98.0 Å². The molecule has 0 fully saturated rings. The van der Waals surface area contributed by atoms with Gasteiger partial charge in [-0.1, -0.05) is 72.8 Å². The Bertz CT molecular complexity index is 1100. The zero-order valence-corrected chi connectivity index (χ0v) is 14.5. The van der Waals surface area contributed by atoms with E-state index in [-0.39, 0.29) is 0 Å². The predicted octanol–water partition coefficient (Wildman–Crippen LogP) is 4.44. The molecule has 4 aromatic rings. The lowest BCUT2D eigenvalue weighted by Gasteiger charge is -2.12. The first-order valence-corrected chi connectivity index (χ1v) is 9.38. The van der Waals surface area contributed by atoms with Gasteiger partial charge in [0.1, 0.15) is 5.75 Å². The van der Waals surface area contributed by atoms with Gasteiger partial charge in [-0.3, -0.25) is 0 Å². The molecule has 4 rings (SSSR count). The fraction of sp³-hybridized carbons (Fsp3) is 0. The first-order chi connectivity index (χ1) is 12.3. The maximum absolute atomic E-state index is 10.4. The molecule has 0 atom stereocenters. The Morgan fingerprint density at radius 2 is 1.12 bits per heavy atom. The van der Waals surface area contributed by atoms with E-state index in [2.05, 4.69) is 36.4 Å². The van der Waals surface area contributed by atoms with Crippen molar-refractivity contribution in [2.75, 3.05) is 0 Å². The number of phenols is 1. The minimum atomic E-state index is -4.64. The summed E-state index contributed by atoms with van der Waals surface area (Å²) in [5.74, 6) is 0.324. The number of aromatic hydroxyl groups is 1. The van der Waals surface area contributed by atoms with Gasteiger partial charge in [-0.05, 0) is 33.2 Å². The summed E-state index contributed by atoms with van der Waals surface area (Å²) in [7, 11) is -4.64. The van der Waals surface area contributed by atoms with Crippen molar-refractivity contribution in [2.24, 2.45) is 0 Å².